The number of benzene rings is 1. The number of halogens is 1. The highest BCUT2D eigenvalue weighted by Gasteiger charge is 2.19. The summed E-state index contributed by atoms with van der Waals surface area (Å²) >= 11 is 3.24. The Morgan fingerprint density at radius 1 is 1.53 bits per heavy atom. The molecule has 0 spiro atoms. The first-order valence-corrected chi connectivity index (χ1v) is 6.56. The molecule has 0 bridgehead atoms. The Kier molecular flexibility index (Phi) is 5.44. The van der Waals surface area contributed by atoms with Crippen LogP contribution in [0, 0.1) is 10.1 Å². The van der Waals surface area contributed by atoms with Crippen LogP contribution in [0.5, 0.6) is 0 Å². The zero-order valence-electron chi connectivity index (χ0n) is 10.8. The summed E-state index contributed by atoms with van der Waals surface area (Å²) in [4.78, 5) is 23.3. The molecule has 0 aliphatic carbocycles. The molecule has 19 heavy (non-hydrogen) atoms. The number of carbonyl (C=O) groups excluding carboxylic acids is 1. The molecule has 0 aliphatic rings. The highest BCUT2D eigenvalue weighted by atomic mass is 79.9. The topological polar surface area (TPSA) is 89.5 Å². The molecule has 0 aromatic heterocycles. The van der Waals surface area contributed by atoms with Crippen molar-refractivity contribution in [2.45, 2.75) is 26.4 Å². The molecule has 1 aromatic carbocycles. The van der Waals surface area contributed by atoms with Crippen LogP contribution in [0.1, 0.15) is 19.4 Å². The molecular weight excluding hydrogens is 314 g/mol. The minimum Gasteiger partial charge on any atom is -0.369 e. The molecule has 0 atom stereocenters. The van der Waals surface area contributed by atoms with Gasteiger partial charge >= 0.3 is 0 Å². The number of nitro benzene ring substituents is 1. The van der Waals surface area contributed by atoms with Gasteiger partial charge in [0.2, 0.25) is 5.91 Å². The third-order valence-corrected chi connectivity index (χ3v) is 3.63. The van der Waals surface area contributed by atoms with Crippen LogP contribution in [0.2, 0.25) is 0 Å². The van der Waals surface area contributed by atoms with E-state index in [0.717, 1.165) is 5.56 Å². The van der Waals surface area contributed by atoms with Crippen LogP contribution in [0.25, 0.3) is 0 Å². The Morgan fingerprint density at radius 3 is 2.63 bits per heavy atom. The minimum absolute atomic E-state index is 0.0141. The van der Waals surface area contributed by atoms with E-state index in [1.807, 2.05) is 18.7 Å². The molecule has 0 heterocycles. The van der Waals surface area contributed by atoms with Crippen molar-refractivity contribution in [2.24, 2.45) is 5.73 Å². The molecule has 2 N–H and O–H groups in total. The number of nitro groups is 1. The van der Waals surface area contributed by atoms with Gasteiger partial charge in [-0.3, -0.25) is 19.8 Å². The summed E-state index contributed by atoms with van der Waals surface area (Å²) in [6.45, 7) is 4.41. The maximum atomic E-state index is 11.0. The number of nitrogens with two attached hydrogens (primary N) is 1. The van der Waals surface area contributed by atoms with Gasteiger partial charge in [0.1, 0.15) is 0 Å². The second-order valence-corrected chi connectivity index (χ2v) is 5.27. The molecule has 7 heteroatoms. The van der Waals surface area contributed by atoms with Crippen LogP contribution in [0.3, 0.4) is 0 Å². The van der Waals surface area contributed by atoms with Crippen LogP contribution in [0.15, 0.2) is 22.7 Å². The van der Waals surface area contributed by atoms with Gasteiger partial charge in [-0.05, 0) is 35.3 Å². The molecule has 0 unspecified atom stereocenters. The monoisotopic (exact) mass is 329 g/mol. The van der Waals surface area contributed by atoms with Crippen molar-refractivity contribution in [3.8, 4) is 0 Å². The second-order valence-electron chi connectivity index (χ2n) is 4.47. The van der Waals surface area contributed by atoms with Crippen molar-refractivity contribution in [1.82, 2.24) is 4.90 Å². The first kappa shape index (κ1) is 15.6. The Balaban J connectivity index is 3.00. The fraction of sp³-hybridized carbons (Fsp3) is 0.417. The van der Waals surface area contributed by atoms with E-state index in [1.165, 1.54) is 6.07 Å². The first-order valence-electron chi connectivity index (χ1n) is 5.77. The quantitative estimate of drug-likeness (QED) is 0.638. The average molecular weight is 330 g/mol. The van der Waals surface area contributed by atoms with E-state index in [-0.39, 0.29) is 18.3 Å². The number of hydrogen-bond donors (Lipinski definition) is 1. The molecule has 0 saturated heterocycles. The van der Waals surface area contributed by atoms with Gasteiger partial charge < -0.3 is 5.73 Å². The maximum Gasteiger partial charge on any atom is 0.283 e. The zero-order valence-corrected chi connectivity index (χ0v) is 12.4. The normalized spacial score (nSPS) is 11.0. The largest absolute Gasteiger partial charge is 0.369 e. The summed E-state index contributed by atoms with van der Waals surface area (Å²) in [6, 6.07) is 4.95. The number of nitrogens with zero attached hydrogens (tertiary/aromatic N) is 2. The van der Waals surface area contributed by atoms with E-state index in [9.17, 15) is 14.9 Å². The lowest BCUT2D eigenvalue weighted by Gasteiger charge is -2.25. The predicted molar refractivity (Wildman–Crippen MR) is 75.5 cm³/mol. The highest BCUT2D eigenvalue weighted by Crippen LogP contribution is 2.29. The van der Waals surface area contributed by atoms with Gasteiger partial charge in [-0.25, -0.2) is 0 Å². The molecule has 0 saturated carbocycles. The summed E-state index contributed by atoms with van der Waals surface area (Å²) in [5, 5.41) is 10.9. The second kappa shape index (κ2) is 6.63. The first-order chi connectivity index (χ1) is 8.82. The van der Waals surface area contributed by atoms with E-state index in [0.29, 0.717) is 11.0 Å². The number of rotatable bonds is 6. The Hall–Kier alpha value is -1.47. The van der Waals surface area contributed by atoms with E-state index in [4.69, 9.17) is 5.73 Å². The maximum absolute atomic E-state index is 11.0. The van der Waals surface area contributed by atoms with Crippen molar-refractivity contribution in [2.75, 3.05) is 6.54 Å². The number of hydrogen-bond acceptors (Lipinski definition) is 4. The van der Waals surface area contributed by atoms with E-state index in [2.05, 4.69) is 15.9 Å². The number of carbonyl (C=O) groups is 1. The smallest absolute Gasteiger partial charge is 0.283 e. The van der Waals surface area contributed by atoms with Crippen molar-refractivity contribution in [1.29, 1.82) is 0 Å². The number of primary amides is 1. The third-order valence-electron chi connectivity index (χ3n) is 2.72. The summed E-state index contributed by atoms with van der Waals surface area (Å²) in [7, 11) is 0. The molecule has 6 nitrogen and oxygen atoms in total. The summed E-state index contributed by atoms with van der Waals surface area (Å²) in [5.74, 6) is -0.421. The lowest BCUT2D eigenvalue weighted by atomic mass is 10.1. The number of amides is 1. The van der Waals surface area contributed by atoms with Crippen LogP contribution in [-0.2, 0) is 11.3 Å². The van der Waals surface area contributed by atoms with Gasteiger partial charge in [-0.1, -0.05) is 12.1 Å². The Bertz CT molecular complexity index is 491. The lowest BCUT2D eigenvalue weighted by molar-refractivity contribution is -0.385. The molecule has 1 aromatic rings. The summed E-state index contributed by atoms with van der Waals surface area (Å²) < 4.78 is 0.440. The zero-order chi connectivity index (χ0) is 14.6. The third kappa shape index (κ3) is 4.29. The van der Waals surface area contributed by atoms with Crippen LogP contribution < -0.4 is 5.73 Å². The SMILES string of the molecule is CC(C)N(CC(N)=O)Cc1cccc([N+](=O)[O-])c1Br. The standard InChI is InChI=1S/C12H16BrN3O3/c1-8(2)15(7-11(14)17)6-9-4-3-5-10(12(9)13)16(18)19/h3-5,8H,6-7H2,1-2H3,(H2,14,17). The summed E-state index contributed by atoms with van der Waals surface area (Å²) in [5.41, 5.74) is 5.97. The lowest BCUT2D eigenvalue weighted by Crippen LogP contribution is -2.38. The molecule has 1 amide bonds. The molecule has 0 aliphatic heterocycles. The van der Waals surface area contributed by atoms with Crippen molar-refractivity contribution >= 4 is 27.5 Å². The Labute approximate surface area is 119 Å². The van der Waals surface area contributed by atoms with Gasteiger partial charge in [0.05, 0.1) is 15.9 Å². The Morgan fingerprint density at radius 2 is 2.16 bits per heavy atom. The fourth-order valence-corrected chi connectivity index (χ4v) is 2.20. The van der Waals surface area contributed by atoms with Gasteiger partial charge in [0, 0.05) is 18.7 Å². The van der Waals surface area contributed by atoms with E-state index < -0.39 is 10.8 Å². The van der Waals surface area contributed by atoms with Crippen molar-refractivity contribution in [3.05, 3.63) is 38.3 Å². The van der Waals surface area contributed by atoms with Gasteiger partial charge in [-0.2, -0.15) is 0 Å². The van der Waals surface area contributed by atoms with Crippen LogP contribution in [-0.4, -0.2) is 28.3 Å². The molecule has 1 rings (SSSR count). The van der Waals surface area contributed by atoms with Crippen LogP contribution >= 0.6 is 15.9 Å². The molecule has 0 radical (unpaired) electrons. The average Bonchev–Trinajstić information content (AvgIpc) is 2.29. The molecule has 104 valence electrons. The van der Waals surface area contributed by atoms with Crippen LogP contribution in [0.4, 0.5) is 5.69 Å². The van der Waals surface area contributed by atoms with Gasteiger partial charge in [0.15, 0.2) is 0 Å². The van der Waals surface area contributed by atoms with Crippen molar-refractivity contribution < 1.29 is 9.72 Å². The van der Waals surface area contributed by atoms with Gasteiger partial charge in [-0.15, -0.1) is 0 Å². The van der Waals surface area contributed by atoms with Gasteiger partial charge in [0.25, 0.3) is 5.69 Å². The highest BCUT2D eigenvalue weighted by molar-refractivity contribution is 9.10. The van der Waals surface area contributed by atoms with E-state index in [1.54, 1.807) is 12.1 Å². The van der Waals surface area contributed by atoms with Crippen molar-refractivity contribution in [3.63, 3.8) is 0 Å². The van der Waals surface area contributed by atoms with E-state index >= 15 is 0 Å². The predicted octanol–water partition coefficient (Wildman–Crippen LogP) is 2.05. The fourth-order valence-electron chi connectivity index (χ4n) is 1.67. The molecule has 0 fully saturated rings. The summed E-state index contributed by atoms with van der Waals surface area (Å²) in [6.07, 6.45) is 0. The minimum atomic E-state index is -0.443. The molecular formula is C12H16BrN3O3.